The molecule has 1 aromatic rings. The van der Waals surface area contributed by atoms with Crippen LogP contribution < -0.4 is 0 Å². The van der Waals surface area contributed by atoms with Crippen LogP contribution in [0.1, 0.15) is 16.2 Å². The molecule has 0 amide bonds. The van der Waals surface area contributed by atoms with E-state index in [0.717, 1.165) is 38.8 Å². The first-order valence-electron chi connectivity index (χ1n) is 7.37. The predicted octanol–water partition coefficient (Wildman–Crippen LogP) is 2.21. The molecular formula is C15H24N2OS. The number of thiophene rings is 1. The first-order valence-corrected chi connectivity index (χ1v) is 8.19. The van der Waals surface area contributed by atoms with Gasteiger partial charge in [-0.25, -0.2) is 0 Å². The zero-order chi connectivity index (χ0) is 13.1. The molecule has 3 rings (SSSR count). The fourth-order valence-electron chi connectivity index (χ4n) is 3.14. The van der Waals surface area contributed by atoms with Gasteiger partial charge < -0.3 is 4.74 Å². The third kappa shape index (κ3) is 3.78. The average Bonchev–Trinajstić information content (AvgIpc) is 3.01. The minimum Gasteiger partial charge on any atom is -0.379 e. The molecule has 0 radical (unpaired) electrons. The van der Waals surface area contributed by atoms with Crippen LogP contribution in [-0.4, -0.2) is 55.7 Å². The Kier molecular flexibility index (Phi) is 4.53. The molecule has 0 spiro atoms. The van der Waals surface area contributed by atoms with E-state index in [2.05, 4.69) is 28.9 Å². The van der Waals surface area contributed by atoms with E-state index >= 15 is 0 Å². The molecule has 2 aliphatic rings. The average molecular weight is 280 g/mol. The molecule has 4 heteroatoms. The summed E-state index contributed by atoms with van der Waals surface area (Å²) in [5, 5.41) is 0. The number of aryl methyl sites for hydroxylation is 1. The minimum absolute atomic E-state index is 0.860. The van der Waals surface area contributed by atoms with Crippen molar-refractivity contribution in [3.8, 4) is 0 Å². The largest absolute Gasteiger partial charge is 0.379 e. The Morgan fingerprint density at radius 2 is 2.05 bits per heavy atom. The number of rotatable bonds is 4. The predicted molar refractivity (Wildman–Crippen MR) is 79.7 cm³/mol. The second kappa shape index (κ2) is 6.35. The molecule has 3 nitrogen and oxygen atoms in total. The molecule has 19 heavy (non-hydrogen) atoms. The molecule has 2 saturated heterocycles. The van der Waals surface area contributed by atoms with Crippen molar-refractivity contribution in [3.63, 3.8) is 0 Å². The Bertz CT molecular complexity index is 401. The summed E-state index contributed by atoms with van der Waals surface area (Å²) in [5.74, 6) is 0.860. The number of hydrogen-bond donors (Lipinski definition) is 0. The van der Waals surface area contributed by atoms with Gasteiger partial charge in [-0.05, 0) is 37.9 Å². The molecule has 0 unspecified atom stereocenters. The second-order valence-corrected chi connectivity index (χ2v) is 7.19. The SMILES string of the molecule is Cc1ccc(CN2CC[C@H](CN3CCOCC3)C2)s1. The lowest BCUT2D eigenvalue weighted by atomic mass is 10.1. The van der Waals surface area contributed by atoms with Crippen molar-refractivity contribution in [3.05, 3.63) is 21.9 Å². The van der Waals surface area contributed by atoms with Crippen LogP contribution in [0.15, 0.2) is 12.1 Å². The molecular weight excluding hydrogens is 256 g/mol. The van der Waals surface area contributed by atoms with E-state index in [-0.39, 0.29) is 0 Å². The summed E-state index contributed by atoms with van der Waals surface area (Å²) in [6.07, 6.45) is 1.36. The highest BCUT2D eigenvalue weighted by atomic mass is 32.1. The third-order valence-electron chi connectivity index (χ3n) is 4.17. The van der Waals surface area contributed by atoms with Crippen molar-refractivity contribution in [1.29, 1.82) is 0 Å². The van der Waals surface area contributed by atoms with Crippen molar-refractivity contribution in [2.45, 2.75) is 19.9 Å². The summed E-state index contributed by atoms with van der Waals surface area (Å²) in [6.45, 7) is 11.2. The summed E-state index contributed by atoms with van der Waals surface area (Å²) in [4.78, 5) is 8.15. The van der Waals surface area contributed by atoms with Crippen LogP contribution in [-0.2, 0) is 11.3 Å². The summed E-state index contributed by atoms with van der Waals surface area (Å²) in [5.41, 5.74) is 0. The van der Waals surface area contributed by atoms with E-state index < -0.39 is 0 Å². The van der Waals surface area contributed by atoms with Gasteiger partial charge in [-0.15, -0.1) is 11.3 Å². The van der Waals surface area contributed by atoms with Gasteiger partial charge >= 0.3 is 0 Å². The summed E-state index contributed by atoms with van der Waals surface area (Å²) in [7, 11) is 0. The van der Waals surface area contributed by atoms with E-state index in [0.29, 0.717) is 0 Å². The summed E-state index contributed by atoms with van der Waals surface area (Å²) < 4.78 is 5.42. The van der Waals surface area contributed by atoms with Gasteiger partial charge in [0.2, 0.25) is 0 Å². The van der Waals surface area contributed by atoms with Crippen LogP contribution in [0.2, 0.25) is 0 Å². The Balaban J connectivity index is 1.44. The fraction of sp³-hybridized carbons (Fsp3) is 0.733. The van der Waals surface area contributed by atoms with Crippen LogP contribution in [0.3, 0.4) is 0 Å². The maximum absolute atomic E-state index is 5.42. The van der Waals surface area contributed by atoms with Gasteiger partial charge in [-0.2, -0.15) is 0 Å². The molecule has 106 valence electrons. The number of morpholine rings is 1. The van der Waals surface area contributed by atoms with E-state index in [1.54, 1.807) is 0 Å². The maximum Gasteiger partial charge on any atom is 0.0594 e. The number of hydrogen-bond acceptors (Lipinski definition) is 4. The van der Waals surface area contributed by atoms with Crippen LogP contribution in [0.5, 0.6) is 0 Å². The normalized spacial score (nSPS) is 26.1. The number of nitrogens with zero attached hydrogens (tertiary/aromatic N) is 2. The third-order valence-corrected chi connectivity index (χ3v) is 5.15. The molecule has 0 aromatic carbocycles. The first-order chi connectivity index (χ1) is 9.29. The Hall–Kier alpha value is -0.420. The van der Waals surface area contributed by atoms with Gasteiger partial charge in [-0.1, -0.05) is 0 Å². The monoisotopic (exact) mass is 280 g/mol. The van der Waals surface area contributed by atoms with Gasteiger partial charge in [0.15, 0.2) is 0 Å². The highest BCUT2D eigenvalue weighted by molar-refractivity contribution is 7.11. The topological polar surface area (TPSA) is 15.7 Å². The van der Waals surface area contributed by atoms with Gasteiger partial charge in [-0.3, -0.25) is 9.80 Å². The molecule has 0 bridgehead atoms. The van der Waals surface area contributed by atoms with Crippen LogP contribution in [0.25, 0.3) is 0 Å². The molecule has 2 fully saturated rings. The van der Waals surface area contributed by atoms with Gasteiger partial charge in [0, 0.05) is 42.5 Å². The molecule has 3 heterocycles. The lowest BCUT2D eigenvalue weighted by Crippen LogP contribution is -2.39. The zero-order valence-corrected chi connectivity index (χ0v) is 12.6. The van der Waals surface area contributed by atoms with Gasteiger partial charge in [0.05, 0.1) is 13.2 Å². The van der Waals surface area contributed by atoms with Crippen molar-refractivity contribution in [2.75, 3.05) is 45.9 Å². The van der Waals surface area contributed by atoms with E-state index in [4.69, 9.17) is 4.74 Å². The summed E-state index contributed by atoms with van der Waals surface area (Å²) >= 11 is 1.94. The quantitative estimate of drug-likeness (QED) is 0.841. The molecule has 2 aliphatic heterocycles. The standard InChI is InChI=1S/C15H24N2OS/c1-13-2-3-15(19-13)12-17-5-4-14(11-17)10-16-6-8-18-9-7-16/h2-3,14H,4-12H2,1H3/t14-/m1/s1. The van der Waals surface area contributed by atoms with Crippen LogP contribution in [0, 0.1) is 12.8 Å². The second-order valence-electron chi connectivity index (χ2n) is 5.82. The summed E-state index contributed by atoms with van der Waals surface area (Å²) in [6, 6.07) is 4.52. The van der Waals surface area contributed by atoms with Crippen molar-refractivity contribution < 1.29 is 4.74 Å². The van der Waals surface area contributed by atoms with E-state index in [1.807, 2.05) is 11.3 Å². The maximum atomic E-state index is 5.42. The van der Waals surface area contributed by atoms with Crippen molar-refractivity contribution in [2.24, 2.45) is 5.92 Å². The molecule has 1 atom stereocenters. The molecule has 0 saturated carbocycles. The van der Waals surface area contributed by atoms with Crippen molar-refractivity contribution in [1.82, 2.24) is 9.80 Å². The van der Waals surface area contributed by atoms with Gasteiger partial charge in [0.25, 0.3) is 0 Å². The smallest absolute Gasteiger partial charge is 0.0594 e. The van der Waals surface area contributed by atoms with Gasteiger partial charge in [0.1, 0.15) is 0 Å². The lowest BCUT2D eigenvalue weighted by Gasteiger charge is -2.29. The Labute approximate surface area is 120 Å². The first kappa shape index (κ1) is 13.6. The number of ether oxygens (including phenoxy) is 1. The Morgan fingerprint density at radius 1 is 1.21 bits per heavy atom. The van der Waals surface area contributed by atoms with E-state index in [9.17, 15) is 0 Å². The van der Waals surface area contributed by atoms with Crippen LogP contribution >= 0.6 is 11.3 Å². The van der Waals surface area contributed by atoms with Crippen LogP contribution in [0.4, 0.5) is 0 Å². The van der Waals surface area contributed by atoms with E-state index in [1.165, 1.54) is 35.8 Å². The highest BCUT2D eigenvalue weighted by Crippen LogP contribution is 2.23. The minimum atomic E-state index is 0.860. The number of likely N-dealkylation sites (tertiary alicyclic amines) is 1. The zero-order valence-electron chi connectivity index (χ0n) is 11.8. The lowest BCUT2D eigenvalue weighted by molar-refractivity contribution is 0.0312. The Morgan fingerprint density at radius 3 is 2.79 bits per heavy atom. The molecule has 0 aliphatic carbocycles. The highest BCUT2D eigenvalue weighted by Gasteiger charge is 2.25. The molecule has 1 aromatic heterocycles. The fourth-order valence-corrected chi connectivity index (χ4v) is 4.08. The molecule has 0 N–H and O–H groups in total. The van der Waals surface area contributed by atoms with Crippen molar-refractivity contribution >= 4 is 11.3 Å².